The van der Waals surface area contributed by atoms with Crippen molar-refractivity contribution >= 4 is 11.8 Å². The number of rotatable bonds is 2. The van der Waals surface area contributed by atoms with Crippen molar-refractivity contribution in [2.45, 2.75) is 26.3 Å². The van der Waals surface area contributed by atoms with Crippen molar-refractivity contribution in [2.24, 2.45) is 11.7 Å². The van der Waals surface area contributed by atoms with Crippen molar-refractivity contribution in [2.75, 3.05) is 19.6 Å². The van der Waals surface area contributed by atoms with Crippen molar-refractivity contribution in [3.8, 4) is 0 Å². The van der Waals surface area contributed by atoms with E-state index in [2.05, 4.69) is 5.32 Å². The predicted molar refractivity (Wildman–Crippen MR) is 57.0 cm³/mol. The van der Waals surface area contributed by atoms with E-state index in [0.717, 1.165) is 6.42 Å². The molecule has 5 heteroatoms. The van der Waals surface area contributed by atoms with E-state index >= 15 is 0 Å². The molecule has 0 spiro atoms. The van der Waals surface area contributed by atoms with Crippen LogP contribution in [0.1, 0.15) is 20.3 Å². The zero-order chi connectivity index (χ0) is 11.4. The van der Waals surface area contributed by atoms with Crippen LogP contribution >= 0.6 is 0 Å². The Morgan fingerprint density at radius 1 is 1.53 bits per heavy atom. The molecule has 0 bridgehead atoms. The van der Waals surface area contributed by atoms with Crippen molar-refractivity contribution in [3.05, 3.63) is 0 Å². The lowest BCUT2D eigenvalue weighted by atomic mass is 10.0. The highest BCUT2D eigenvalue weighted by Gasteiger charge is 2.25. The van der Waals surface area contributed by atoms with Crippen LogP contribution in [-0.4, -0.2) is 42.4 Å². The number of nitrogens with zero attached hydrogens (tertiary/aromatic N) is 1. The van der Waals surface area contributed by atoms with Crippen molar-refractivity contribution in [3.63, 3.8) is 0 Å². The van der Waals surface area contributed by atoms with Gasteiger partial charge in [0.2, 0.25) is 11.8 Å². The van der Waals surface area contributed by atoms with Gasteiger partial charge in [-0.2, -0.15) is 0 Å². The Bertz CT molecular complexity index is 253. The average Bonchev–Trinajstić information content (AvgIpc) is 2.40. The van der Waals surface area contributed by atoms with Gasteiger partial charge in [0.1, 0.15) is 0 Å². The Morgan fingerprint density at radius 3 is 2.80 bits per heavy atom. The van der Waals surface area contributed by atoms with E-state index in [0.29, 0.717) is 13.1 Å². The summed E-state index contributed by atoms with van der Waals surface area (Å²) < 4.78 is 0. The Labute approximate surface area is 90.0 Å². The summed E-state index contributed by atoms with van der Waals surface area (Å²) in [4.78, 5) is 24.8. The van der Waals surface area contributed by atoms with Gasteiger partial charge in [0.15, 0.2) is 0 Å². The second kappa shape index (κ2) is 5.11. The first-order chi connectivity index (χ1) is 7.02. The first-order valence-corrected chi connectivity index (χ1v) is 5.33. The first-order valence-electron chi connectivity index (χ1n) is 5.33. The summed E-state index contributed by atoms with van der Waals surface area (Å²) in [6, 6.07) is -0.177. The second-order valence-electron chi connectivity index (χ2n) is 4.11. The lowest BCUT2D eigenvalue weighted by Crippen LogP contribution is -2.44. The average molecular weight is 213 g/mol. The molecule has 1 aliphatic heterocycles. The number of hydrogen-bond acceptors (Lipinski definition) is 3. The van der Waals surface area contributed by atoms with E-state index < -0.39 is 0 Å². The summed E-state index contributed by atoms with van der Waals surface area (Å²) in [5.41, 5.74) is 5.67. The van der Waals surface area contributed by atoms with Crippen LogP contribution in [0.15, 0.2) is 0 Å². The molecule has 1 aliphatic rings. The molecule has 1 heterocycles. The molecule has 1 fully saturated rings. The summed E-state index contributed by atoms with van der Waals surface area (Å²) >= 11 is 0. The Balaban J connectivity index is 2.61. The van der Waals surface area contributed by atoms with Gasteiger partial charge >= 0.3 is 0 Å². The van der Waals surface area contributed by atoms with Gasteiger partial charge < -0.3 is 16.0 Å². The van der Waals surface area contributed by atoms with Crippen LogP contribution < -0.4 is 11.1 Å². The molecule has 0 aromatic heterocycles. The fourth-order valence-corrected chi connectivity index (χ4v) is 1.51. The number of hydrogen-bond donors (Lipinski definition) is 2. The van der Waals surface area contributed by atoms with Crippen molar-refractivity contribution in [1.29, 1.82) is 0 Å². The summed E-state index contributed by atoms with van der Waals surface area (Å²) in [6.45, 7) is 5.05. The Hall–Kier alpha value is -1.10. The van der Waals surface area contributed by atoms with Crippen LogP contribution in [0.3, 0.4) is 0 Å². The quantitative estimate of drug-likeness (QED) is 0.638. The summed E-state index contributed by atoms with van der Waals surface area (Å²) in [7, 11) is 0. The highest BCUT2D eigenvalue weighted by atomic mass is 16.2. The number of amides is 2. The molecule has 86 valence electrons. The van der Waals surface area contributed by atoms with E-state index in [9.17, 15) is 9.59 Å². The van der Waals surface area contributed by atoms with E-state index in [1.165, 1.54) is 0 Å². The summed E-state index contributed by atoms with van der Waals surface area (Å²) in [5.74, 6) is -0.337. The lowest BCUT2D eigenvalue weighted by molar-refractivity contribution is -0.138. The van der Waals surface area contributed by atoms with Gasteiger partial charge in [-0.05, 0) is 13.3 Å². The highest BCUT2D eigenvalue weighted by Crippen LogP contribution is 2.07. The minimum absolute atomic E-state index is 0.0259. The molecule has 2 atom stereocenters. The number of carbonyl (C=O) groups is 2. The van der Waals surface area contributed by atoms with E-state index in [1.54, 1.807) is 18.7 Å². The van der Waals surface area contributed by atoms with E-state index in [4.69, 9.17) is 5.73 Å². The number of nitrogens with one attached hydrogen (secondary N) is 1. The molecular formula is C10H19N3O2. The molecule has 0 aromatic rings. The van der Waals surface area contributed by atoms with Crippen LogP contribution in [0.4, 0.5) is 0 Å². The Kier molecular flexibility index (Phi) is 4.08. The maximum absolute atomic E-state index is 11.9. The van der Waals surface area contributed by atoms with Gasteiger partial charge in [-0.1, -0.05) is 6.92 Å². The summed E-state index contributed by atoms with van der Waals surface area (Å²) in [6.07, 6.45) is 0.809. The van der Waals surface area contributed by atoms with Crippen LogP contribution in [0, 0.1) is 5.92 Å². The molecule has 15 heavy (non-hydrogen) atoms. The molecule has 0 aliphatic carbocycles. The normalized spacial score (nSPS) is 21.5. The molecule has 0 aromatic carbocycles. The molecular weight excluding hydrogens is 194 g/mol. The van der Waals surface area contributed by atoms with Crippen molar-refractivity contribution < 1.29 is 9.59 Å². The van der Waals surface area contributed by atoms with Gasteiger partial charge in [0.05, 0.1) is 12.5 Å². The third-order valence-electron chi connectivity index (χ3n) is 2.75. The molecule has 1 rings (SSSR count). The molecule has 0 radical (unpaired) electrons. The minimum atomic E-state index is -0.226. The monoisotopic (exact) mass is 213 g/mol. The molecule has 1 saturated heterocycles. The van der Waals surface area contributed by atoms with E-state index in [-0.39, 0.29) is 30.3 Å². The van der Waals surface area contributed by atoms with Crippen LogP contribution in [0.5, 0.6) is 0 Å². The van der Waals surface area contributed by atoms with Gasteiger partial charge in [-0.15, -0.1) is 0 Å². The molecule has 3 N–H and O–H groups in total. The second-order valence-corrected chi connectivity index (χ2v) is 4.11. The summed E-state index contributed by atoms with van der Waals surface area (Å²) in [5, 5.41) is 2.73. The predicted octanol–water partition coefficient (Wildman–Crippen LogP) is -0.682. The zero-order valence-electron chi connectivity index (χ0n) is 9.32. The molecule has 0 saturated carbocycles. The number of nitrogens with two attached hydrogens (primary N) is 1. The molecule has 2 unspecified atom stereocenters. The largest absolute Gasteiger partial charge is 0.354 e. The standard InChI is InChI=1S/C10H19N3O2/c1-7(8(2)11)10(15)13-5-3-4-12-9(14)6-13/h7-8H,3-6,11H2,1-2H3,(H,12,14). The maximum Gasteiger partial charge on any atom is 0.239 e. The maximum atomic E-state index is 11.9. The number of carbonyl (C=O) groups excluding carboxylic acids is 2. The highest BCUT2D eigenvalue weighted by molar-refractivity contribution is 5.86. The minimum Gasteiger partial charge on any atom is -0.354 e. The fourth-order valence-electron chi connectivity index (χ4n) is 1.51. The SMILES string of the molecule is CC(N)C(C)C(=O)N1CCCNC(=O)C1. The smallest absolute Gasteiger partial charge is 0.239 e. The first kappa shape index (κ1) is 12.0. The van der Waals surface area contributed by atoms with Gasteiger partial charge in [-0.3, -0.25) is 9.59 Å². The third-order valence-corrected chi connectivity index (χ3v) is 2.75. The molecule has 5 nitrogen and oxygen atoms in total. The third kappa shape index (κ3) is 3.20. The fraction of sp³-hybridized carbons (Fsp3) is 0.800. The van der Waals surface area contributed by atoms with Gasteiger partial charge in [0, 0.05) is 19.1 Å². The van der Waals surface area contributed by atoms with Gasteiger partial charge in [0.25, 0.3) is 0 Å². The van der Waals surface area contributed by atoms with E-state index in [1.807, 2.05) is 0 Å². The van der Waals surface area contributed by atoms with Crippen LogP contribution in [0.25, 0.3) is 0 Å². The van der Waals surface area contributed by atoms with Crippen molar-refractivity contribution in [1.82, 2.24) is 10.2 Å². The zero-order valence-corrected chi connectivity index (χ0v) is 9.32. The van der Waals surface area contributed by atoms with Crippen LogP contribution in [-0.2, 0) is 9.59 Å². The molecule has 2 amide bonds. The lowest BCUT2D eigenvalue weighted by Gasteiger charge is -2.24. The topological polar surface area (TPSA) is 75.4 Å². The van der Waals surface area contributed by atoms with Gasteiger partial charge in [-0.25, -0.2) is 0 Å². The van der Waals surface area contributed by atoms with Crippen LogP contribution in [0.2, 0.25) is 0 Å². The Morgan fingerprint density at radius 2 is 2.20 bits per heavy atom.